The van der Waals surface area contributed by atoms with Gasteiger partial charge >= 0.3 is 0 Å². The molecule has 1 aliphatic rings. The summed E-state index contributed by atoms with van der Waals surface area (Å²) in [6.45, 7) is 0.908. The molecule has 0 spiro atoms. The van der Waals surface area contributed by atoms with E-state index < -0.39 is 0 Å². The molecule has 0 amide bonds. The van der Waals surface area contributed by atoms with Crippen LogP contribution < -0.4 is 16.4 Å². The first-order chi connectivity index (χ1) is 4.79. The van der Waals surface area contributed by atoms with E-state index in [0.29, 0.717) is 0 Å². The van der Waals surface area contributed by atoms with Crippen molar-refractivity contribution in [1.29, 1.82) is 5.41 Å². The molecule has 4 N–H and O–H groups in total. The van der Waals surface area contributed by atoms with Gasteiger partial charge in [-0.05, 0) is 19.3 Å². The molecule has 57 valence electrons. The van der Waals surface area contributed by atoms with Crippen LogP contribution in [0.5, 0.6) is 0 Å². The van der Waals surface area contributed by atoms with Crippen LogP contribution in [0.3, 0.4) is 0 Å². The summed E-state index contributed by atoms with van der Waals surface area (Å²) in [6, 6.07) is 0. The number of rotatable bonds is 1. The summed E-state index contributed by atoms with van der Waals surface area (Å²) in [7, 11) is 0. The molecule has 1 rings (SSSR count). The zero-order valence-electron chi connectivity index (χ0n) is 5.93. The minimum atomic E-state index is 0.0238. The number of nitrogens with zero attached hydrogens (tertiary/aromatic N) is 1. The fourth-order valence-electron chi connectivity index (χ4n) is 1.09. The molecule has 0 bridgehead atoms. The fraction of sp³-hybridized carbons (Fsp3) is 0.833. The first kappa shape index (κ1) is 7.34. The van der Waals surface area contributed by atoms with Crippen molar-refractivity contribution >= 4 is 5.96 Å². The molecule has 10 heavy (non-hydrogen) atoms. The molecule has 0 aliphatic carbocycles. The van der Waals surface area contributed by atoms with Crippen molar-refractivity contribution in [1.82, 2.24) is 10.6 Å². The van der Waals surface area contributed by atoms with E-state index in [0.717, 1.165) is 13.0 Å². The maximum Gasteiger partial charge on any atom is 0.186 e. The van der Waals surface area contributed by atoms with E-state index in [1.165, 1.54) is 12.8 Å². The van der Waals surface area contributed by atoms with Crippen LogP contribution in [0.2, 0.25) is 0 Å². The van der Waals surface area contributed by atoms with Crippen LogP contribution in [0.1, 0.15) is 19.3 Å². The monoisotopic (exact) mass is 141 g/mol. The summed E-state index contributed by atoms with van der Waals surface area (Å²) in [5, 5.41) is 14.0. The molecule has 1 saturated heterocycles. The second kappa shape index (κ2) is 3.41. The zero-order valence-corrected chi connectivity index (χ0v) is 5.93. The Kier molecular flexibility index (Phi) is 2.50. The minimum absolute atomic E-state index is 0.0238. The minimum Gasteiger partial charge on any atom is -0.370 e. The van der Waals surface area contributed by atoms with Crippen molar-refractivity contribution in [2.75, 3.05) is 6.54 Å². The molecule has 1 fully saturated rings. The summed E-state index contributed by atoms with van der Waals surface area (Å²) < 4.78 is 0. The lowest BCUT2D eigenvalue weighted by Gasteiger charge is -2.22. The molecule has 4 heteroatoms. The first-order valence-electron chi connectivity index (χ1n) is 3.56. The van der Waals surface area contributed by atoms with Crippen molar-refractivity contribution < 1.29 is 0 Å². The van der Waals surface area contributed by atoms with Crippen LogP contribution in [0.4, 0.5) is 0 Å². The predicted molar refractivity (Wildman–Crippen MR) is 39.7 cm³/mol. The Labute approximate surface area is 60.7 Å². The average molecular weight is 141 g/mol. The summed E-state index contributed by atoms with van der Waals surface area (Å²) in [4.78, 5) is 0. The van der Waals surface area contributed by atoms with Gasteiger partial charge in [-0.3, -0.25) is 5.41 Å². The maximum absolute atomic E-state index is 6.94. The molecule has 0 saturated carbocycles. The van der Waals surface area contributed by atoms with Gasteiger partial charge in [0, 0.05) is 6.54 Å². The van der Waals surface area contributed by atoms with Gasteiger partial charge < -0.3 is 11.1 Å². The van der Waals surface area contributed by atoms with Crippen LogP contribution in [0, 0.1) is 5.41 Å². The van der Waals surface area contributed by atoms with E-state index in [1.807, 2.05) is 0 Å². The molecule has 1 radical (unpaired) electrons. The van der Waals surface area contributed by atoms with Crippen LogP contribution >= 0.6 is 0 Å². The van der Waals surface area contributed by atoms with Gasteiger partial charge in [-0.25, -0.2) is 5.32 Å². The number of guanidine groups is 1. The highest BCUT2D eigenvalue weighted by Gasteiger charge is 2.12. The molecule has 0 aromatic rings. The third-order valence-corrected chi connectivity index (χ3v) is 1.56. The average Bonchev–Trinajstić information content (AvgIpc) is 1.88. The predicted octanol–water partition coefficient (Wildman–Crippen LogP) is -0.416. The molecule has 0 aromatic carbocycles. The highest BCUT2D eigenvalue weighted by molar-refractivity contribution is 5.74. The van der Waals surface area contributed by atoms with E-state index in [4.69, 9.17) is 11.1 Å². The van der Waals surface area contributed by atoms with Crippen molar-refractivity contribution in [3.63, 3.8) is 0 Å². The van der Waals surface area contributed by atoms with Crippen LogP contribution in [-0.2, 0) is 0 Å². The Balaban J connectivity index is 2.19. The lowest BCUT2D eigenvalue weighted by Crippen LogP contribution is -2.46. The molecular weight excluding hydrogens is 128 g/mol. The second-order valence-corrected chi connectivity index (χ2v) is 2.48. The van der Waals surface area contributed by atoms with E-state index in [9.17, 15) is 0 Å². The van der Waals surface area contributed by atoms with Crippen LogP contribution in [0.15, 0.2) is 0 Å². The molecule has 4 nitrogen and oxygen atoms in total. The topological polar surface area (TPSA) is 76.0 Å². The van der Waals surface area contributed by atoms with Crippen molar-refractivity contribution in [3.05, 3.63) is 0 Å². The van der Waals surface area contributed by atoms with Crippen molar-refractivity contribution in [2.24, 2.45) is 5.73 Å². The molecule has 1 aliphatic heterocycles. The Bertz CT molecular complexity index is 117. The van der Waals surface area contributed by atoms with E-state index in [1.54, 1.807) is 0 Å². The van der Waals surface area contributed by atoms with Crippen molar-refractivity contribution in [2.45, 2.75) is 25.4 Å². The molecule has 1 atom stereocenters. The summed E-state index contributed by atoms with van der Waals surface area (Å²) >= 11 is 0. The molecular formula is C6H13N4. The van der Waals surface area contributed by atoms with Gasteiger partial charge in [0.05, 0.1) is 6.17 Å². The van der Waals surface area contributed by atoms with Crippen LogP contribution in [-0.4, -0.2) is 18.7 Å². The van der Waals surface area contributed by atoms with Crippen molar-refractivity contribution in [3.8, 4) is 0 Å². The number of hydrogen-bond donors (Lipinski definition) is 3. The van der Waals surface area contributed by atoms with E-state index in [-0.39, 0.29) is 12.1 Å². The third kappa shape index (κ3) is 2.23. The smallest absolute Gasteiger partial charge is 0.186 e. The summed E-state index contributed by atoms with van der Waals surface area (Å²) in [5.74, 6) is 0.0238. The Morgan fingerprint density at radius 3 is 2.90 bits per heavy atom. The summed E-state index contributed by atoms with van der Waals surface area (Å²) in [6.07, 6.45) is 3.48. The van der Waals surface area contributed by atoms with Gasteiger partial charge in [0.25, 0.3) is 0 Å². The Morgan fingerprint density at radius 1 is 1.60 bits per heavy atom. The van der Waals surface area contributed by atoms with Gasteiger partial charge in [0.15, 0.2) is 5.96 Å². The largest absolute Gasteiger partial charge is 0.370 e. The first-order valence-corrected chi connectivity index (χ1v) is 3.56. The molecule has 1 unspecified atom stereocenters. The maximum atomic E-state index is 6.94. The van der Waals surface area contributed by atoms with Gasteiger partial charge in [0.1, 0.15) is 0 Å². The quantitative estimate of drug-likeness (QED) is 0.343. The number of hydrogen-bond acceptors (Lipinski definition) is 1. The molecule has 1 heterocycles. The lowest BCUT2D eigenvalue weighted by atomic mass is 10.1. The van der Waals surface area contributed by atoms with Gasteiger partial charge in [-0.1, -0.05) is 0 Å². The fourth-order valence-corrected chi connectivity index (χ4v) is 1.09. The number of nitrogens with one attached hydrogen (secondary N) is 2. The normalized spacial score (nSPS) is 25.8. The SMILES string of the molecule is N=C(N)NC1CCCC[N]1. The lowest BCUT2D eigenvalue weighted by molar-refractivity contribution is 0.373. The number of piperidine rings is 1. The van der Waals surface area contributed by atoms with E-state index in [2.05, 4.69) is 10.6 Å². The van der Waals surface area contributed by atoms with Gasteiger partial charge in [0.2, 0.25) is 0 Å². The number of nitrogens with two attached hydrogens (primary N) is 1. The van der Waals surface area contributed by atoms with Gasteiger partial charge in [-0.2, -0.15) is 0 Å². The zero-order chi connectivity index (χ0) is 7.40. The van der Waals surface area contributed by atoms with E-state index >= 15 is 0 Å². The summed E-state index contributed by atoms with van der Waals surface area (Å²) in [5.41, 5.74) is 5.14. The highest BCUT2D eigenvalue weighted by Crippen LogP contribution is 2.05. The molecule has 0 aromatic heterocycles. The highest BCUT2D eigenvalue weighted by atomic mass is 15.2. The Hall–Kier alpha value is -0.770. The third-order valence-electron chi connectivity index (χ3n) is 1.56. The van der Waals surface area contributed by atoms with Gasteiger partial charge in [-0.15, -0.1) is 0 Å². The Morgan fingerprint density at radius 2 is 2.40 bits per heavy atom. The van der Waals surface area contributed by atoms with Crippen LogP contribution in [0.25, 0.3) is 0 Å². The second-order valence-electron chi connectivity index (χ2n) is 2.48. The standard InChI is InChI=1S/C6H13N4/c7-6(8)10-5-3-1-2-4-9-5/h5H,1-4H2,(H4,7,8,10).